The van der Waals surface area contributed by atoms with Gasteiger partial charge in [-0.3, -0.25) is 4.21 Å². The lowest BCUT2D eigenvalue weighted by molar-refractivity contribution is 0.678. The molecule has 0 radical (unpaired) electrons. The van der Waals surface area contributed by atoms with Gasteiger partial charge in [-0.05, 0) is 12.0 Å². The standard InChI is InChI=1S/C14H17N3OS/c1-19(18)8-7-17-10-15-9-13(17)12-4-2-3-11-5-6-16-14(11)12/h2-4,9-10,16H,5-8H2,1H3. The number of fused-ring (bicyclic) bond motifs is 1. The van der Waals surface area contributed by atoms with Gasteiger partial charge in [0.05, 0.1) is 18.2 Å². The number of hydrogen-bond acceptors (Lipinski definition) is 3. The molecule has 19 heavy (non-hydrogen) atoms. The summed E-state index contributed by atoms with van der Waals surface area (Å²) in [5.74, 6) is 0.659. The molecule has 1 unspecified atom stereocenters. The van der Waals surface area contributed by atoms with E-state index in [4.69, 9.17) is 0 Å². The highest BCUT2D eigenvalue weighted by Gasteiger charge is 2.17. The zero-order valence-corrected chi connectivity index (χ0v) is 11.7. The van der Waals surface area contributed by atoms with E-state index in [1.54, 1.807) is 6.26 Å². The molecule has 0 saturated carbocycles. The van der Waals surface area contributed by atoms with Crippen LogP contribution in [-0.4, -0.2) is 32.3 Å². The van der Waals surface area contributed by atoms with Gasteiger partial charge in [-0.25, -0.2) is 4.98 Å². The zero-order valence-electron chi connectivity index (χ0n) is 10.9. The second-order valence-corrected chi connectivity index (χ2v) is 6.32. The van der Waals surface area contributed by atoms with Crippen molar-refractivity contribution in [2.75, 3.05) is 23.9 Å². The van der Waals surface area contributed by atoms with Crippen molar-refractivity contribution >= 4 is 16.5 Å². The molecule has 1 N–H and O–H groups in total. The van der Waals surface area contributed by atoms with Crippen molar-refractivity contribution in [2.24, 2.45) is 0 Å². The van der Waals surface area contributed by atoms with Crippen molar-refractivity contribution in [3.63, 3.8) is 0 Å². The number of rotatable bonds is 4. The third-order valence-corrected chi connectivity index (χ3v) is 4.21. The van der Waals surface area contributed by atoms with Crippen molar-refractivity contribution in [1.29, 1.82) is 0 Å². The van der Waals surface area contributed by atoms with Gasteiger partial charge in [0.25, 0.3) is 0 Å². The van der Waals surface area contributed by atoms with E-state index in [0.717, 1.165) is 25.2 Å². The minimum Gasteiger partial charge on any atom is -0.384 e. The molecule has 1 atom stereocenters. The molecule has 1 aromatic carbocycles. The Bertz CT molecular complexity index is 621. The molecule has 1 aromatic heterocycles. The van der Waals surface area contributed by atoms with E-state index in [0.29, 0.717) is 5.75 Å². The summed E-state index contributed by atoms with van der Waals surface area (Å²) in [5.41, 5.74) is 4.87. The second-order valence-electron chi connectivity index (χ2n) is 4.77. The van der Waals surface area contributed by atoms with Crippen LogP contribution in [0.4, 0.5) is 5.69 Å². The van der Waals surface area contributed by atoms with Gasteiger partial charge in [0.15, 0.2) is 0 Å². The molecule has 4 nitrogen and oxygen atoms in total. The van der Waals surface area contributed by atoms with Gasteiger partial charge in [-0.1, -0.05) is 18.2 Å². The maximum Gasteiger partial charge on any atom is 0.0951 e. The number of nitrogens with one attached hydrogen (secondary N) is 1. The maximum atomic E-state index is 11.2. The summed E-state index contributed by atoms with van der Waals surface area (Å²) < 4.78 is 13.3. The first-order valence-corrected chi connectivity index (χ1v) is 8.15. The zero-order chi connectivity index (χ0) is 13.2. The molecule has 0 saturated heterocycles. The van der Waals surface area contributed by atoms with E-state index in [2.05, 4.69) is 33.1 Å². The van der Waals surface area contributed by atoms with Crippen LogP contribution < -0.4 is 5.32 Å². The predicted molar refractivity (Wildman–Crippen MR) is 78.8 cm³/mol. The molecule has 5 heteroatoms. The van der Waals surface area contributed by atoms with E-state index >= 15 is 0 Å². The SMILES string of the molecule is CS(=O)CCn1cncc1-c1cccc2c1NCC2. The van der Waals surface area contributed by atoms with Gasteiger partial charge in [0.2, 0.25) is 0 Å². The molecule has 0 fully saturated rings. The van der Waals surface area contributed by atoms with Gasteiger partial charge in [0, 0.05) is 47.1 Å². The fourth-order valence-corrected chi connectivity index (χ4v) is 2.96. The first kappa shape index (κ1) is 12.4. The number of imidazole rings is 1. The van der Waals surface area contributed by atoms with Crippen LogP contribution in [0, 0.1) is 0 Å². The molecular weight excluding hydrogens is 258 g/mol. The quantitative estimate of drug-likeness (QED) is 0.927. The summed E-state index contributed by atoms with van der Waals surface area (Å²) in [4.78, 5) is 4.24. The number of hydrogen-bond donors (Lipinski definition) is 1. The molecule has 1 aliphatic rings. The van der Waals surface area contributed by atoms with E-state index < -0.39 is 10.8 Å². The van der Waals surface area contributed by atoms with Gasteiger partial charge in [-0.15, -0.1) is 0 Å². The molecule has 0 aliphatic carbocycles. The monoisotopic (exact) mass is 275 g/mol. The van der Waals surface area contributed by atoms with E-state index in [1.165, 1.54) is 16.8 Å². The van der Waals surface area contributed by atoms with Crippen LogP contribution in [-0.2, 0) is 23.8 Å². The summed E-state index contributed by atoms with van der Waals surface area (Å²) in [6.45, 7) is 1.74. The molecule has 100 valence electrons. The third-order valence-electron chi connectivity index (χ3n) is 3.45. The van der Waals surface area contributed by atoms with Crippen LogP contribution in [0.2, 0.25) is 0 Å². The highest BCUT2D eigenvalue weighted by molar-refractivity contribution is 7.84. The number of nitrogens with zero attached hydrogens (tertiary/aromatic N) is 2. The molecular formula is C14H17N3OS. The summed E-state index contributed by atoms with van der Waals surface area (Å²) in [6.07, 6.45) is 6.51. The second kappa shape index (κ2) is 5.17. The first-order chi connectivity index (χ1) is 9.25. The normalized spacial score (nSPS) is 15.0. The highest BCUT2D eigenvalue weighted by atomic mass is 32.2. The van der Waals surface area contributed by atoms with Crippen LogP contribution >= 0.6 is 0 Å². The highest BCUT2D eigenvalue weighted by Crippen LogP contribution is 2.34. The lowest BCUT2D eigenvalue weighted by atomic mass is 10.1. The number of para-hydroxylation sites is 1. The Morgan fingerprint density at radius 3 is 3.21 bits per heavy atom. The fourth-order valence-electron chi connectivity index (χ4n) is 2.50. The molecule has 3 rings (SSSR count). The molecule has 2 aromatic rings. The van der Waals surface area contributed by atoms with Crippen LogP contribution in [0.1, 0.15) is 5.56 Å². The minimum atomic E-state index is -0.778. The van der Waals surface area contributed by atoms with Gasteiger partial charge in [-0.2, -0.15) is 0 Å². The summed E-state index contributed by atoms with van der Waals surface area (Å²) in [6, 6.07) is 6.38. The van der Waals surface area contributed by atoms with E-state index in [1.807, 2.05) is 12.5 Å². The lowest BCUT2D eigenvalue weighted by Gasteiger charge is -2.11. The van der Waals surface area contributed by atoms with E-state index in [9.17, 15) is 4.21 Å². The third kappa shape index (κ3) is 2.42. The lowest BCUT2D eigenvalue weighted by Crippen LogP contribution is -2.07. The van der Waals surface area contributed by atoms with Crippen molar-refractivity contribution in [3.8, 4) is 11.3 Å². The Labute approximate surface area is 115 Å². The average Bonchev–Trinajstić information content (AvgIpc) is 3.04. The van der Waals surface area contributed by atoms with Crippen LogP contribution in [0.15, 0.2) is 30.7 Å². The summed E-state index contributed by atoms with van der Waals surface area (Å²) in [5, 5.41) is 3.45. The number of benzene rings is 1. The molecule has 0 spiro atoms. The topological polar surface area (TPSA) is 46.9 Å². The Hall–Kier alpha value is -1.62. The Kier molecular flexibility index (Phi) is 3.38. The minimum absolute atomic E-state index is 0.659. The van der Waals surface area contributed by atoms with Gasteiger partial charge < -0.3 is 9.88 Å². The van der Waals surface area contributed by atoms with Gasteiger partial charge >= 0.3 is 0 Å². The summed E-state index contributed by atoms with van der Waals surface area (Å²) in [7, 11) is -0.778. The Balaban J connectivity index is 1.97. The van der Waals surface area contributed by atoms with E-state index in [-0.39, 0.29) is 0 Å². The average molecular weight is 275 g/mol. The fraction of sp³-hybridized carbons (Fsp3) is 0.357. The molecule has 2 heterocycles. The number of aryl methyl sites for hydroxylation is 1. The molecule has 0 amide bonds. The maximum absolute atomic E-state index is 11.2. The number of aromatic nitrogens is 2. The Morgan fingerprint density at radius 1 is 1.47 bits per heavy atom. The van der Waals surface area contributed by atoms with Crippen molar-refractivity contribution < 1.29 is 4.21 Å². The molecule has 0 bridgehead atoms. The predicted octanol–water partition coefficient (Wildman–Crippen LogP) is 1.90. The smallest absolute Gasteiger partial charge is 0.0951 e. The van der Waals surface area contributed by atoms with Crippen LogP contribution in [0.3, 0.4) is 0 Å². The van der Waals surface area contributed by atoms with Crippen molar-refractivity contribution in [1.82, 2.24) is 9.55 Å². The first-order valence-electron chi connectivity index (χ1n) is 6.42. The van der Waals surface area contributed by atoms with Crippen molar-refractivity contribution in [3.05, 3.63) is 36.3 Å². The summed E-state index contributed by atoms with van der Waals surface area (Å²) >= 11 is 0. The van der Waals surface area contributed by atoms with Crippen LogP contribution in [0.25, 0.3) is 11.3 Å². The number of anilines is 1. The van der Waals surface area contributed by atoms with Crippen LogP contribution in [0.5, 0.6) is 0 Å². The van der Waals surface area contributed by atoms with Gasteiger partial charge in [0.1, 0.15) is 0 Å². The largest absolute Gasteiger partial charge is 0.384 e. The van der Waals surface area contributed by atoms with Crippen molar-refractivity contribution in [2.45, 2.75) is 13.0 Å². The molecule has 1 aliphatic heterocycles. The Morgan fingerprint density at radius 2 is 2.37 bits per heavy atom.